The number of carbonyl (C=O) groups is 1. The second-order valence-corrected chi connectivity index (χ2v) is 5.18. The average Bonchev–Trinajstić information content (AvgIpc) is 2.46. The number of anilines is 1. The molecular formula is C14H18N2O3S. The summed E-state index contributed by atoms with van der Waals surface area (Å²) < 4.78 is 10.6. The van der Waals surface area contributed by atoms with Crippen LogP contribution in [-0.2, 0) is 9.53 Å². The monoisotopic (exact) mass is 294 g/mol. The van der Waals surface area contributed by atoms with Gasteiger partial charge >= 0.3 is 0 Å². The molecule has 0 bridgehead atoms. The summed E-state index contributed by atoms with van der Waals surface area (Å²) in [6, 6.07) is 7.19. The van der Waals surface area contributed by atoms with Gasteiger partial charge in [-0.2, -0.15) is 0 Å². The van der Waals surface area contributed by atoms with Gasteiger partial charge < -0.3 is 20.5 Å². The number of benzene rings is 1. The van der Waals surface area contributed by atoms with Gasteiger partial charge in [-0.15, -0.1) is 0 Å². The lowest BCUT2D eigenvalue weighted by atomic mass is 9.99. The van der Waals surface area contributed by atoms with E-state index in [0.717, 1.165) is 12.8 Å². The second kappa shape index (κ2) is 7.21. The fourth-order valence-electron chi connectivity index (χ4n) is 2.02. The highest BCUT2D eigenvalue weighted by molar-refractivity contribution is 7.80. The van der Waals surface area contributed by atoms with Crippen molar-refractivity contribution in [2.45, 2.75) is 12.8 Å². The lowest BCUT2D eigenvalue weighted by Gasteiger charge is -2.21. The molecule has 1 saturated heterocycles. The van der Waals surface area contributed by atoms with Crippen LogP contribution in [0.2, 0.25) is 0 Å². The van der Waals surface area contributed by atoms with Crippen LogP contribution in [0, 0.1) is 5.92 Å². The topological polar surface area (TPSA) is 73.6 Å². The first kappa shape index (κ1) is 14.7. The second-order valence-electron chi connectivity index (χ2n) is 4.66. The normalized spacial score (nSPS) is 15.6. The Hall–Kier alpha value is -1.66. The van der Waals surface area contributed by atoms with Crippen molar-refractivity contribution >= 4 is 28.8 Å². The Balaban J connectivity index is 1.93. The molecule has 1 fully saturated rings. The van der Waals surface area contributed by atoms with Gasteiger partial charge in [-0.25, -0.2) is 0 Å². The predicted molar refractivity (Wildman–Crippen MR) is 80.9 cm³/mol. The van der Waals surface area contributed by atoms with Gasteiger partial charge in [0.2, 0.25) is 5.91 Å². The summed E-state index contributed by atoms with van der Waals surface area (Å²) in [6.45, 7) is 1.48. The van der Waals surface area contributed by atoms with Crippen molar-refractivity contribution in [3.63, 3.8) is 0 Å². The van der Waals surface area contributed by atoms with E-state index >= 15 is 0 Å². The molecule has 1 heterocycles. The average molecular weight is 294 g/mol. The zero-order chi connectivity index (χ0) is 14.4. The number of rotatable bonds is 5. The van der Waals surface area contributed by atoms with Crippen molar-refractivity contribution in [3.05, 3.63) is 24.3 Å². The third-order valence-electron chi connectivity index (χ3n) is 3.07. The predicted octanol–water partition coefficient (Wildman–Crippen LogP) is 1.72. The zero-order valence-electron chi connectivity index (χ0n) is 11.1. The molecule has 2 rings (SSSR count). The Bertz CT molecular complexity index is 487. The van der Waals surface area contributed by atoms with Crippen LogP contribution in [0.1, 0.15) is 12.8 Å². The van der Waals surface area contributed by atoms with Gasteiger partial charge in [-0.1, -0.05) is 18.3 Å². The van der Waals surface area contributed by atoms with Crippen molar-refractivity contribution in [1.82, 2.24) is 0 Å². The van der Waals surface area contributed by atoms with Gasteiger partial charge in [-0.05, 0) is 25.0 Å². The molecule has 20 heavy (non-hydrogen) atoms. The van der Waals surface area contributed by atoms with E-state index in [1.54, 1.807) is 12.1 Å². The molecule has 1 aromatic rings. The summed E-state index contributed by atoms with van der Waals surface area (Å²) in [5.41, 5.74) is 6.09. The third-order valence-corrected chi connectivity index (χ3v) is 3.19. The largest absolute Gasteiger partial charge is 0.486 e. The first-order valence-electron chi connectivity index (χ1n) is 6.55. The van der Waals surface area contributed by atoms with Crippen molar-refractivity contribution in [1.29, 1.82) is 0 Å². The fourth-order valence-corrected chi connectivity index (χ4v) is 2.08. The Morgan fingerprint density at radius 1 is 1.45 bits per heavy atom. The molecule has 0 spiro atoms. The number of thiocarbonyl (C=S) groups is 1. The van der Waals surface area contributed by atoms with Gasteiger partial charge in [-0.3, -0.25) is 4.79 Å². The molecule has 1 amide bonds. The molecule has 108 valence electrons. The van der Waals surface area contributed by atoms with Crippen LogP contribution < -0.4 is 15.8 Å². The summed E-state index contributed by atoms with van der Waals surface area (Å²) in [5, 5.41) is 2.90. The number of hydrogen-bond acceptors (Lipinski definition) is 4. The first-order valence-corrected chi connectivity index (χ1v) is 6.96. The maximum atomic E-state index is 12.1. The number of amides is 1. The van der Waals surface area contributed by atoms with Crippen molar-refractivity contribution in [2.24, 2.45) is 11.7 Å². The molecule has 0 radical (unpaired) electrons. The molecular weight excluding hydrogens is 276 g/mol. The highest BCUT2D eigenvalue weighted by atomic mass is 32.1. The molecule has 0 aliphatic carbocycles. The van der Waals surface area contributed by atoms with Gasteiger partial charge in [0, 0.05) is 30.9 Å². The van der Waals surface area contributed by atoms with Crippen LogP contribution in [0.15, 0.2) is 24.3 Å². The standard InChI is InChI=1S/C14H18N2O3S/c15-13(20)9-19-12-3-1-2-11(8-12)16-14(17)10-4-6-18-7-5-10/h1-3,8,10H,4-7,9H2,(H2,15,20)(H,16,17). The lowest BCUT2D eigenvalue weighted by Crippen LogP contribution is -2.28. The number of hydrogen-bond donors (Lipinski definition) is 2. The molecule has 1 aromatic carbocycles. The molecule has 5 nitrogen and oxygen atoms in total. The molecule has 6 heteroatoms. The smallest absolute Gasteiger partial charge is 0.227 e. The van der Waals surface area contributed by atoms with E-state index in [1.165, 1.54) is 0 Å². The Labute approximate surface area is 123 Å². The molecule has 1 aliphatic rings. The van der Waals surface area contributed by atoms with E-state index in [0.29, 0.717) is 29.6 Å². The Kier molecular flexibility index (Phi) is 5.31. The highest BCUT2D eigenvalue weighted by Crippen LogP contribution is 2.20. The van der Waals surface area contributed by atoms with Crippen LogP contribution >= 0.6 is 12.2 Å². The SMILES string of the molecule is NC(=S)COc1cccc(NC(=O)C2CCOCC2)c1. The molecule has 1 aliphatic heterocycles. The summed E-state index contributed by atoms with van der Waals surface area (Å²) in [4.78, 5) is 12.4. The summed E-state index contributed by atoms with van der Waals surface area (Å²) >= 11 is 4.75. The third kappa shape index (κ3) is 4.47. The van der Waals surface area contributed by atoms with E-state index in [4.69, 9.17) is 27.4 Å². The van der Waals surface area contributed by atoms with E-state index < -0.39 is 0 Å². The number of nitrogens with two attached hydrogens (primary N) is 1. The fraction of sp³-hybridized carbons (Fsp3) is 0.429. The van der Waals surface area contributed by atoms with Crippen molar-refractivity contribution in [3.8, 4) is 5.75 Å². The Morgan fingerprint density at radius 3 is 2.90 bits per heavy atom. The Morgan fingerprint density at radius 2 is 2.20 bits per heavy atom. The van der Waals surface area contributed by atoms with Crippen LogP contribution in [0.4, 0.5) is 5.69 Å². The minimum atomic E-state index is 0.0185. The minimum Gasteiger partial charge on any atom is -0.486 e. The molecule has 0 aromatic heterocycles. The lowest BCUT2D eigenvalue weighted by molar-refractivity contribution is -0.122. The van der Waals surface area contributed by atoms with E-state index in [9.17, 15) is 4.79 Å². The van der Waals surface area contributed by atoms with Crippen LogP contribution in [-0.4, -0.2) is 30.7 Å². The summed E-state index contributed by atoms with van der Waals surface area (Å²) in [5.74, 6) is 0.673. The van der Waals surface area contributed by atoms with Crippen LogP contribution in [0.25, 0.3) is 0 Å². The van der Waals surface area contributed by atoms with E-state index in [-0.39, 0.29) is 18.4 Å². The van der Waals surface area contributed by atoms with E-state index in [2.05, 4.69) is 5.32 Å². The van der Waals surface area contributed by atoms with Gasteiger partial charge in [0.15, 0.2) is 0 Å². The maximum absolute atomic E-state index is 12.1. The highest BCUT2D eigenvalue weighted by Gasteiger charge is 2.21. The van der Waals surface area contributed by atoms with Gasteiger partial charge in [0.05, 0.1) is 0 Å². The zero-order valence-corrected chi connectivity index (χ0v) is 11.9. The van der Waals surface area contributed by atoms with Crippen LogP contribution in [0.3, 0.4) is 0 Å². The van der Waals surface area contributed by atoms with Crippen molar-refractivity contribution < 1.29 is 14.3 Å². The number of nitrogens with one attached hydrogen (secondary N) is 1. The van der Waals surface area contributed by atoms with Crippen LogP contribution in [0.5, 0.6) is 5.75 Å². The summed E-state index contributed by atoms with van der Waals surface area (Å²) in [6.07, 6.45) is 1.53. The molecule has 3 N–H and O–H groups in total. The molecule has 0 unspecified atom stereocenters. The summed E-state index contributed by atoms with van der Waals surface area (Å²) in [7, 11) is 0. The first-order chi connectivity index (χ1) is 9.65. The number of carbonyl (C=O) groups excluding carboxylic acids is 1. The van der Waals surface area contributed by atoms with Gasteiger partial charge in [0.25, 0.3) is 0 Å². The maximum Gasteiger partial charge on any atom is 0.227 e. The number of ether oxygens (including phenoxy) is 2. The van der Waals surface area contributed by atoms with Gasteiger partial charge in [0.1, 0.15) is 17.3 Å². The quantitative estimate of drug-likeness (QED) is 0.809. The minimum absolute atomic E-state index is 0.0185. The van der Waals surface area contributed by atoms with E-state index in [1.807, 2.05) is 12.1 Å². The van der Waals surface area contributed by atoms with Crippen molar-refractivity contribution in [2.75, 3.05) is 25.1 Å². The molecule has 0 saturated carbocycles. The molecule has 0 atom stereocenters.